The molecule has 12 nitrogen and oxygen atoms in total. The first-order valence-electron chi connectivity index (χ1n) is 4.58. The van der Waals surface area contributed by atoms with Gasteiger partial charge in [-0.2, -0.15) is 9.35 Å². The maximum atomic E-state index is 10.5. The third-order valence-electron chi connectivity index (χ3n) is 1.93. The highest BCUT2D eigenvalue weighted by Crippen LogP contribution is 2.23. The summed E-state index contributed by atoms with van der Waals surface area (Å²) in [5.41, 5.74) is 0. The summed E-state index contributed by atoms with van der Waals surface area (Å²) in [7, 11) is 0. The van der Waals surface area contributed by atoms with Crippen molar-refractivity contribution in [2.45, 2.75) is 0 Å². The van der Waals surface area contributed by atoms with E-state index in [-0.39, 0.29) is 10.3 Å². The van der Waals surface area contributed by atoms with Gasteiger partial charge in [0.25, 0.3) is 0 Å². The van der Waals surface area contributed by atoms with Crippen LogP contribution >= 0.6 is 23.2 Å². The Morgan fingerprint density at radius 2 is 1.30 bits per heavy atom. The number of imidazole rings is 2. The van der Waals surface area contributed by atoms with Gasteiger partial charge in [-0.05, 0) is 30.3 Å². The van der Waals surface area contributed by atoms with E-state index in [4.69, 9.17) is 23.2 Å². The van der Waals surface area contributed by atoms with Gasteiger partial charge in [-0.25, -0.2) is 0 Å². The molecule has 0 aliphatic heterocycles. The second-order valence-corrected chi connectivity index (χ2v) is 3.82. The lowest BCUT2D eigenvalue weighted by Crippen LogP contribution is -1.92. The zero-order chi connectivity index (χ0) is 14.9. The van der Waals surface area contributed by atoms with Crippen LogP contribution < -0.4 is 0 Å². The summed E-state index contributed by atoms with van der Waals surface area (Å²) in [6.07, 6.45) is 1.90. The van der Waals surface area contributed by atoms with Crippen molar-refractivity contribution in [2.24, 2.45) is 10.4 Å². The molecule has 2 heterocycles. The first-order valence-corrected chi connectivity index (χ1v) is 5.34. The fourth-order valence-electron chi connectivity index (χ4n) is 1.09. The third-order valence-corrected chi connectivity index (χ3v) is 2.61. The highest BCUT2D eigenvalue weighted by molar-refractivity contribution is 6.31. The Bertz CT molecular complexity index is 660. The monoisotopic (exact) mass is 320 g/mol. The Labute approximate surface area is 118 Å². The molecule has 0 amide bonds. The minimum atomic E-state index is -0.802. The molecule has 0 radical (unpaired) electrons. The van der Waals surface area contributed by atoms with E-state index in [1.165, 1.54) is 0 Å². The van der Waals surface area contributed by atoms with Gasteiger partial charge in [-0.15, -0.1) is 0 Å². The molecular weight excluding hydrogens is 319 g/mol. The summed E-state index contributed by atoms with van der Waals surface area (Å²) in [5, 5.41) is 27.2. The van der Waals surface area contributed by atoms with Crippen LogP contribution in [0.3, 0.4) is 0 Å². The number of halogens is 2. The van der Waals surface area contributed by atoms with E-state index in [0.29, 0.717) is 0 Å². The normalized spacial score (nSPS) is 11.1. The van der Waals surface area contributed by atoms with Crippen LogP contribution in [0.1, 0.15) is 0 Å². The lowest BCUT2D eigenvalue weighted by atomic mass is 10.8. The second kappa shape index (κ2) is 5.18. The quantitative estimate of drug-likeness (QED) is 0.477. The van der Waals surface area contributed by atoms with Gasteiger partial charge < -0.3 is 20.2 Å². The van der Waals surface area contributed by atoms with Gasteiger partial charge in [0, 0.05) is 0 Å². The average molecular weight is 321 g/mol. The van der Waals surface area contributed by atoms with Crippen LogP contribution in [0, 0.1) is 20.2 Å². The maximum absolute atomic E-state index is 10.5. The largest absolute Gasteiger partial charge is 0.403 e. The number of hydrogen-bond donors (Lipinski definition) is 0. The first-order chi connectivity index (χ1) is 9.41. The summed E-state index contributed by atoms with van der Waals surface area (Å²) >= 11 is 11.2. The topological polar surface area (TPSA) is 147 Å². The van der Waals surface area contributed by atoms with Crippen LogP contribution in [0.25, 0.3) is 0 Å². The number of aromatic nitrogens is 4. The van der Waals surface area contributed by atoms with E-state index >= 15 is 0 Å². The van der Waals surface area contributed by atoms with Gasteiger partial charge >= 0.3 is 11.6 Å². The van der Waals surface area contributed by atoms with Crippen LogP contribution in [-0.2, 0) is 0 Å². The molecule has 0 N–H and O–H groups in total. The van der Waals surface area contributed by atoms with Crippen LogP contribution in [0.15, 0.2) is 23.1 Å². The highest BCUT2D eigenvalue weighted by Gasteiger charge is 2.21. The van der Waals surface area contributed by atoms with Gasteiger partial charge in [-0.3, -0.25) is 0 Å². The predicted octanol–water partition coefficient (Wildman–Crippen LogP) is 1.88. The molecule has 0 aromatic carbocycles. The molecule has 0 fully saturated rings. The van der Waals surface area contributed by atoms with Crippen molar-refractivity contribution < 1.29 is 9.85 Å². The van der Waals surface area contributed by atoms with Crippen molar-refractivity contribution in [1.82, 2.24) is 19.3 Å². The summed E-state index contributed by atoms with van der Waals surface area (Å²) in [4.78, 5) is 26.2. The van der Waals surface area contributed by atoms with Crippen molar-refractivity contribution in [3.63, 3.8) is 0 Å². The van der Waals surface area contributed by atoms with Gasteiger partial charge in [0.2, 0.25) is 23.0 Å². The summed E-state index contributed by atoms with van der Waals surface area (Å²) in [6, 6.07) is 0. The van der Waals surface area contributed by atoms with Gasteiger partial charge in [-0.1, -0.05) is 23.2 Å². The SMILES string of the molecule is O=[N+]([O-])c1ncn(/N=N/n2cnc([N+](=O)[O-])c2Cl)c1Cl. The van der Waals surface area contributed by atoms with Crippen molar-refractivity contribution in [1.29, 1.82) is 0 Å². The van der Waals surface area contributed by atoms with Crippen LogP contribution in [0.2, 0.25) is 10.3 Å². The van der Waals surface area contributed by atoms with Crippen LogP contribution in [0.4, 0.5) is 11.6 Å². The maximum Gasteiger partial charge on any atom is 0.403 e. The van der Waals surface area contributed by atoms with Crippen molar-refractivity contribution in [3.05, 3.63) is 43.2 Å². The molecule has 2 rings (SSSR count). The van der Waals surface area contributed by atoms with Crippen LogP contribution in [0.5, 0.6) is 0 Å². The average Bonchev–Trinajstić information content (AvgIpc) is 2.91. The van der Waals surface area contributed by atoms with E-state index in [0.717, 1.165) is 22.0 Å². The van der Waals surface area contributed by atoms with Gasteiger partial charge in [0.1, 0.15) is 0 Å². The predicted molar refractivity (Wildman–Crippen MR) is 63.4 cm³/mol. The van der Waals surface area contributed by atoms with Crippen molar-refractivity contribution >= 4 is 34.8 Å². The Morgan fingerprint density at radius 3 is 1.55 bits per heavy atom. The van der Waals surface area contributed by atoms with Crippen molar-refractivity contribution in [3.8, 4) is 0 Å². The summed E-state index contributed by atoms with van der Waals surface area (Å²) < 4.78 is 1.59. The zero-order valence-corrected chi connectivity index (χ0v) is 10.6. The molecule has 0 unspecified atom stereocenters. The molecular formula is C6H2Cl2N8O4. The molecule has 0 bridgehead atoms. The van der Waals surface area contributed by atoms with E-state index in [1.807, 2.05) is 0 Å². The Balaban J connectivity index is 2.30. The molecule has 0 aliphatic rings. The molecule has 14 heteroatoms. The lowest BCUT2D eigenvalue weighted by Gasteiger charge is -1.93. The molecule has 2 aromatic heterocycles. The smallest absolute Gasteiger partial charge is 0.358 e. The van der Waals surface area contributed by atoms with E-state index in [1.54, 1.807) is 0 Å². The van der Waals surface area contributed by atoms with E-state index in [9.17, 15) is 20.2 Å². The van der Waals surface area contributed by atoms with E-state index < -0.39 is 21.5 Å². The zero-order valence-electron chi connectivity index (χ0n) is 9.12. The standard InChI is InChI=1S/C6H2Cl2N8O4/c7-3-5(15(17)18)9-1-13(3)11-12-14-2-10-6(4(14)8)16(19)20/h1-2H/b12-11+. The molecule has 0 spiro atoms. The lowest BCUT2D eigenvalue weighted by molar-refractivity contribution is -0.389. The number of nitro groups is 2. The highest BCUT2D eigenvalue weighted by atomic mass is 35.5. The molecule has 2 aromatic rings. The minimum Gasteiger partial charge on any atom is -0.358 e. The Kier molecular flexibility index (Phi) is 3.58. The van der Waals surface area contributed by atoms with Crippen LogP contribution in [-0.4, -0.2) is 29.2 Å². The molecule has 0 atom stereocenters. The summed E-state index contributed by atoms with van der Waals surface area (Å²) in [6.45, 7) is 0. The van der Waals surface area contributed by atoms with Gasteiger partial charge in [0.15, 0.2) is 0 Å². The number of hydrogen-bond acceptors (Lipinski definition) is 8. The second-order valence-electron chi connectivity index (χ2n) is 3.10. The fraction of sp³-hybridized carbons (Fsp3) is 0. The molecule has 0 saturated heterocycles. The molecule has 0 aliphatic carbocycles. The summed E-state index contributed by atoms with van der Waals surface area (Å²) in [5.74, 6) is -1.21. The number of rotatable bonds is 4. The number of nitrogens with zero attached hydrogens (tertiary/aromatic N) is 8. The molecule has 0 saturated carbocycles. The first kappa shape index (κ1) is 13.8. The Hall–Kier alpha value is -2.60. The fourth-order valence-corrected chi connectivity index (χ4v) is 1.48. The van der Waals surface area contributed by atoms with Gasteiger partial charge in [0.05, 0.1) is 0 Å². The van der Waals surface area contributed by atoms with E-state index in [2.05, 4.69) is 20.4 Å². The minimum absolute atomic E-state index is 0.385. The molecule has 104 valence electrons. The molecule has 20 heavy (non-hydrogen) atoms. The Morgan fingerprint density at radius 1 is 0.950 bits per heavy atom. The van der Waals surface area contributed by atoms with Crippen molar-refractivity contribution in [2.75, 3.05) is 0 Å². The third kappa shape index (κ3) is 2.41.